The molecule has 0 saturated carbocycles. The second-order valence-electron chi connectivity index (χ2n) is 7.99. The Morgan fingerprint density at radius 3 is 2.00 bits per heavy atom. The molecule has 0 heterocycles. The van der Waals surface area contributed by atoms with Gasteiger partial charge in [-0.3, -0.25) is 9.59 Å². The van der Waals surface area contributed by atoms with Crippen molar-refractivity contribution in [3.8, 4) is 11.1 Å². The Kier molecular flexibility index (Phi) is 7.32. The van der Waals surface area contributed by atoms with Crippen LogP contribution in [-0.4, -0.2) is 54.2 Å². The third kappa shape index (κ3) is 5.49. The van der Waals surface area contributed by atoms with Crippen molar-refractivity contribution in [2.75, 3.05) is 19.7 Å². The molecule has 0 bridgehead atoms. The number of amides is 3. The predicted molar refractivity (Wildman–Crippen MR) is 121 cm³/mol. The van der Waals surface area contributed by atoms with Crippen LogP contribution < -0.4 is 16.0 Å². The Bertz CT molecular complexity index is 1020. The van der Waals surface area contributed by atoms with Crippen molar-refractivity contribution in [3.63, 3.8) is 0 Å². The van der Waals surface area contributed by atoms with Crippen LogP contribution >= 0.6 is 0 Å². The first-order valence-electron chi connectivity index (χ1n) is 10.6. The van der Waals surface area contributed by atoms with E-state index in [1.165, 1.54) is 6.92 Å². The van der Waals surface area contributed by atoms with Crippen molar-refractivity contribution in [2.24, 2.45) is 0 Å². The molecule has 2 aromatic rings. The van der Waals surface area contributed by atoms with E-state index in [-0.39, 0.29) is 25.5 Å². The summed E-state index contributed by atoms with van der Waals surface area (Å²) in [5.74, 6) is -2.51. The van der Waals surface area contributed by atoms with Crippen LogP contribution in [0.1, 0.15) is 37.3 Å². The number of fused-ring (bicyclic) bond motifs is 3. The van der Waals surface area contributed by atoms with Crippen LogP contribution in [0.5, 0.6) is 0 Å². The lowest BCUT2D eigenvalue weighted by molar-refractivity contribution is -0.146. The molecule has 0 fully saturated rings. The normalized spacial score (nSPS) is 13.8. The largest absolute Gasteiger partial charge is 0.480 e. The number of benzene rings is 2. The number of rotatable bonds is 9. The number of carbonyl (C=O) groups is 4. The lowest BCUT2D eigenvalue weighted by atomic mass is 9.98. The molecular weight excluding hydrogens is 426 g/mol. The van der Waals surface area contributed by atoms with E-state index in [4.69, 9.17) is 4.74 Å². The molecule has 174 valence electrons. The van der Waals surface area contributed by atoms with E-state index in [9.17, 15) is 24.3 Å². The smallest absolute Gasteiger partial charge is 0.407 e. The zero-order valence-corrected chi connectivity index (χ0v) is 18.5. The van der Waals surface area contributed by atoms with Crippen molar-refractivity contribution < 1.29 is 29.0 Å². The molecule has 3 rings (SSSR count). The van der Waals surface area contributed by atoms with Crippen LogP contribution in [0.25, 0.3) is 11.1 Å². The first-order chi connectivity index (χ1) is 15.7. The minimum Gasteiger partial charge on any atom is -0.480 e. The van der Waals surface area contributed by atoms with Crippen molar-refractivity contribution in [1.29, 1.82) is 0 Å². The van der Waals surface area contributed by atoms with E-state index in [0.717, 1.165) is 22.3 Å². The minimum absolute atomic E-state index is 0.0946. The lowest BCUT2D eigenvalue weighted by Crippen LogP contribution is -2.54. The number of ether oxygens (including phenoxy) is 1. The van der Waals surface area contributed by atoms with Crippen LogP contribution in [0, 0.1) is 0 Å². The first-order valence-corrected chi connectivity index (χ1v) is 10.6. The Balaban J connectivity index is 1.44. The van der Waals surface area contributed by atoms with Gasteiger partial charge in [0.15, 0.2) is 0 Å². The second kappa shape index (κ2) is 10.2. The van der Waals surface area contributed by atoms with Gasteiger partial charge in [-0.15, -0.1) is 0 Å². The third-order valence-electron chi connectivity index (χ3n) is 5.78. The topological polar surface area (TPSA) is 134 Å². The third-order valence-corrected chi connectivity index (χ3v) is 5.78. The van der Waals surface area contributed by atoms with Crippen molar-refractivity contribution in [1.82, 2.24) is 16.0 Å². The summed E-state index contributed by atoms with van der Waals surface area (Å²) < 4.78 is 5.35. The van der Waals surface area contributed by atoms with Crippen LogP contribution in [0.4, 0.5) is 4.79 Å². The molecule has 1 atom stereocenters. The summed E-state index contributed by atoms with van der Waals surface area (Å²) in [6, 6.07) is 15.9. The van der Waals surface area contributed by atoms with Crippen molar-refractivity contribution in [3.05, 3.63) is 59.7 Å². The number of carbonyl (C=O) groups excluding carboxylic acids is 3. The minimum atomic E-state index is -1.42. The van der Waals surface area contributed by atoms with Crippen molar-refractivity contribution in [2.45, 2.75) is 31.7 Å². The molecule has 0 saturated heterocycles. The number of carboxylic acid groups (broad SMARTS) is 1. The molecule has 0 aromatic heterocycles. The molecule has 0 radical (unpaired) electrons. The molecule has 9 heteroatoms. The molecule has 4 N–H and O–H groups in total. The summed E-state index contributed by atoms with van der Waals surface area (Å²) in [6.45, 7) is 2.34. The second-order valence-corrected chi connectivity index (χ2v) is 7.99. The lowest BCUT2D eigenvalue weighted by Gasteiger charge is -2.24. The Labute approximate surface area is 191 Å². The van der Waals surface area contributed by atoms with E-state index in [0.29, 0.717) is 0 Å². The van der Waals surface area contributed by atoms with Gasteiger partial charge in [-0.25, -0.2) is 9.59 Å². The Hall–Kier alpha value is -3.88. The fourth-order valence-electron chi connectivity index (χ4n) is 3.69. The fourth-order valence-corrected chi connectivity index (χ4v) is 3.69. The molecule has 3 amide bonds. The highest BCUT2D eigenvalue weighted by Gasteiger charge is 2.32. The van der Waals surface area contributed by atoms with E-state index in [1.807, 2.05) is 48.5 Å². The van der Waals surface area contributed by atoms with Crippen LogP contribution in [0.3, 0.4) is 0 Å². The van der Waals surface area contributed by atoms with Gasteiger partial charge < -0.3 is 25.8 Å². The maximum Gasteiger partial charge on any atom is 0.407 e. The average Bonchev–Trinajstić information content (AvgIpc) is 3.13. The Morgan fingerprint density at radius 1 is 0.909 bits per heavy atom. The number of nitrogens with one attached hydrogen (secondary N) is 3. The number of hydrogen-bond acceptors (Lipinski definition) is 5. The molecule has 1 aliphatic rings. The van der Waals surface area contributed by atoms with Gasteiger partial charge in [0.25, 0.3) is 0 Å². The monoisotopic (exact) mass is 453 g/mol. The summed E-state index contributed by atoms with van der Waals surface area (Å²) in [5.41, 5.74) is 2.97. The van der Waals surface area contributed by atoms with Crippen LogP contribution in [0.2, 0.25) is 0 Å². The van der Waals surface area contributed by atoms with Gasteiger partial charge >= 0.3 is 12.1 Å². The fraction of sp³-hybridized carbons (Fsp3) is 0.333. The molecular formula is C24H27N3O6. The number of aliphatic carboxylic acids is 1. The molecule has 9 nitrogen and oxygen atoms in total. The maximum atomic E-state index is 12.1. The molecule has 0 spiro atoms. The number of carboxylic acids is 1. The number of hydrogen-bond donors (Lipinski definition) is 4. The van der Waals surface area contributed by atoms with E-state index in [1.54, 1.807) is 6.92 Å². The number of alkyl carbamates (subject to hydrolysis) is 1. The first kappa shape index (κ1) is 23.8. The van der Waals surface area contributed by atoms with Crippen LogP contribution in [0.15, 0.2) is 48.5 Å². The van der Waals surface area contributed by atoms with Gasteiger partial charge in [-0.1, -0.05) is 55.5 Å². The zero-order chi connectivity index (χ0) is 24.0. The van der Waals surface area contributed by atoms with Gasteiger partial charge in [-0.05, 0) is 35.6 Å². The van der Waals surface area contributed by atoms with Gasteiger partial charge in [0.05, 0.1) is 6.54 Å². The summed E-state index contributed by atoms with van der Waals surface area (Å²) in [5, 5.41) is 16.2. The van der Waals surface area contributed by atoms with Gasteiger partial charge in [0.1, 0.15) is 18.7 Å². The molecule has 0 aliphatic heterocycles. The van der Waals surface area contributed by atoms with E-state index < -0.39 is 36.0 Å². The summed E-state index contributed by atoms with van der Waals surface area (Å²) in [4.78, 5) is 47.2. The zero-order valence-electron chi connectivity index (χ0n) is 18.5. The molecule has 1 aliphatic carbocycles. The quantitative estimate of drug-likeness (QED) is 0.459. The highest BCUT2D eigenvalue weighted by molar-refractivity contribution is 5.90. The van der Waals surface area contributed by atoms with Gasteiger partial charge in [0.2, 0.25) is 11.8 Å². The van der Waals surface area contributed by atoms with Crippen LogP contribution in [-0.2, 0) is 19.1 Å². The maximum absolute atomic E-state index is 12.1. The SMILES string of the molecule is CCC(C)(NC(=O)CNC(=O)CNC(=O)OCC1c2ccccc2-c2ccccc21)C(=O)O. The predicted octanol–water partition coefficient (Wildman–Crippen LogP) is 2.01. The van der Waals surface area contributed by atoms with Gasteiger partial charge in [0, 0.05) is 5.92 Å². The molecule has 1 unspecified atom stereocenters. The molecule has 33 heavy (non-hydrogen) atoms. The highest BCUT2D eigenvalue weighted by Crippen LogP contribution is 2.44. The van der Waals surface area contributed by atoms with Gasteiger partial charge in [-0.2, -0.15) is 0 Å². The highest BCUT2D eigenvalue weighted by atomic mass is 16.5. The Morgan fingerprint density at radius 2 is 1.45 bits per heavy atom. The summed E-state index contributed by atoms with van der Waals surface area (Å²) >= 11 is 0. The van der Waals surface area contributed by atoms with E-state index in [2.05, 4.69) is 16.0 Å². The van der Waals surface area contributed by atoms with Crippen molar-refractivity contribution >= 4 is 23.9 Å². The average molecular weight is 453 g/mol. The summed E-state index contributed by atoms with van der Waals surface area (Å²) in [6.07, 6.45) is -0.563. The molecule has 2 aromatic carbocycles. The van der Waals surface area contributed by atoms with E-state index >= 15 is 0 Å². The standard InChI is InChI=1S/C24H27N3O6/c1-3-24(2,22(30)31)27-21(29)13-25-20(28)12-26-23(32)33-14-19-17-10-6-4-8-15(17)16-9-5-7-11-18(16)19/h4-11,19H,3,12-14H2,1-2H3,(H,25,28)(H,26,32)(H,27,29)(H,30,31). The summed E-state index contributed by atoms with van der Waals surface area (Å²) in [7, 11) is 0.